The Morgan fingerprint density at radius 1 is 1.15 bits per heavy atom. The summed E-state index contributed by atoms with van der Waals surface area (Å²) >= 11 is 0. The number of nitrogens with one attached hydrogen (secondary N) is 2. The first kappa shape index (κ1) is 12.5. The van der Waals surface area contributed by atoms with Crippen molar-refractivity contribution in [3.05, 3.63) is 64.1 Å². The molecule has 0 saturated carbocycles. The zero-order valence-corrected chi connectivity index (χ0v) is 11.3. The highest BCUT2D eigenvalue weighted by atomic mass is 16.4. The number of aryl methyl sites for hydroxylation is 1. The molecular formula is C16H16N2O2. The summed E-state index contributed by atoms with van der Waals surface area (Å²) in [7, 11) is 0. The van der Waals surface area contributed by atoms with Gasteiger partial charge in [-0.3, -0.25) is 4.98 Å². The van der Waals surface area contributed by atoms with E-state index in [9.17, 15) is 4.79 Å². The van der Waals surface area contributed by atoms with E-state index in [4.69, 9.17) is 4.42 Å². The molecular weight excluding hydrogens is 252 g/mol. The third-order valence-corrected chi connectivity index (χ3v) is 3.32. The predicted molar refractivity (Wildman–Crippen MR) is 80.2 cm³/mol. The number of hydrogen-bond donors (Lipinski definition) is 2. The van der Waals surface area contributed by atoms with Crippen molar-refractivity contribution in [2.24, 2.45) is 0 Å². The molecule has 0 bridgehead atoms. The second-order valence-corrected chi connectivity index (χ2v) is 4.85. The van der Waals surface area contributed by atoms with E-state index in [-0.39, 0.29) is 0 Å². The van der Waals surface area contributed by atoms with Gasteiger partial charge in [0, 0.05) is 12.2 Å². The van der Waals surface area contributed by atoms with Crippen LogP contribution in [0.2, 0.25) is 0 Å². The van der Waals surface area contributed by atoms with Gasteiger partial charge in [-0.05, 0) is 37.1 Å². The summed E-state index contributed by atoms with van der Waals surface area (Å²) in [6, 6.07) is 14.0. The van der Waals surface area contributed by atoms with Crippen LogP contribution in [-0.4, -0.2) is 11.5 Å². The number of aromatic amines is 1. The van der Waals surface area contributed by atoms with Crippen molar-refractivity contribution in [2.75, 3.05) is 11.9 Å². The normalized spacial score (nSPS) is 10.8. The summed E-state index contributed by atoms with van der Waals surface area (Å²) in [6.45, 7) is 2.87. The van der Waals surface area contributed by atoms with Gasteiger partial charge in [-0.1, -0.05) is 29.8 Å². The van der Waals surface area contributed by atoms with Gasteiger partial charge in [0.25, 0.3) is 0 Å². The number of fused-ring (bicyclic) bond motifs is 1. The van der Waals surface area contributed by atoms with Crippen LogP contribution in [0.15, 0.2) is 51.7 Å². The monoisotopic (exact) mass is 268 g/mol. The summed E-state index contributed by atoms with van der Waals surface area (Å²) in [4.78, 5) is 14.0. The van der Waals surface area contributed by atoms with Crippen LogP contribution in [-0.2, 0) is 6.42 Å². The Morgan fingerprint density at radius 3 is 2.75 bits per heavy atom. The van der Waals surface area contributed by atoms with Crippen LogP contribution in [0.3, 0.4) is 0 Å². The van der Waals surface area contributed by atoms with Crippen molar-refractivity contribution in [1.29, 1.82) is 0 Å². The van der Waals surface area contributed by atoms with Crippen LogP contribution >= 0.6 is 0 Å². The summed E-state index contributed by atoms with van der Waals surface area (Å²) in [5.74, 6) is -0.404. The van der Waals surface area contributed by atoms with Crippen LogP contribution in [0.5, 0.6) is 0 Å². The average molecular weight is 268 g/mol. The number of rotatable bonds is 4. The Balaban J connectivity index is 1.71. The van der Waals surface area contributed by atoms with Crippen molar-refractivity contribution < 1.29 is 4.42 Å². The van der Waals surface area contributed by atoms with Gasteiger partial charge in [-0.25, -0.2) is 4.79 Å². The van der Waals surface area contributed by atoms with E-state index in [2.05, 4.69) is 41.5 Å². The molecule has 3 rings (SSSR count). The molecule has 0 aliphatic carbocycles. The highest BCUT2D eigenvalue weighted by Crippen LogP contribution is 2.16. The molecule has 102 valence electrons. The summed E-state index contributed by atoms with van der Waals surface area (Å²) < 4.78 is 5.05. The maximum absolute atomic E-state index is 11.2. The zero-order valence-electron chi connectivity index (χ0n) is 11.3. The number of aromatic nitrogens is 1. The Labute approximate surface area is 116 Å². The van der Waals surface area contributed by atoms with Crippen molar-refractivity contribution in [3.8, 4) is 0 Å². The minimum absolute atomic E-state index is 0.404. The van der Waals surface area contributed by atoms with Gasteiger partial charge >= 0.3 is 5.76 Å². The third kappa shape index (κ3) is 2.59. The summed E-state index contributed by atoms with van der Waals surface area (Å²) in [6.07, 6.45) is 0.820. The van der Waals surface area contributed by atoms with E-state index in [1.807, 2.05) is 12.1 Å². The van der Waals surface area contributed by atoms with Crippen molar-refractivity contribution in [2.45, 2.75) is 13.3 Å². The number of anilines is 1. The standard InChI is InChI=1S/C16H16N2O2/c1-11-5-7-13(8-6-11)17-10-9-12-3-2-4-14-15(12)18-16(19)20-14/h2-8,17H,9-10H2,1H3,(H,18,19). The lowest BCUT2D eigenvalue weighted by Crippen LogP contribution is -2.05. The fraction of sp³-hybridized carbons (Fsp3) is 0.188. The van der Waals surface area contributed by atoms with Gasteiger partial charge in [0.05, 0.1) is 5.52 Å². The molecule has 0 saturated heterocycles. The van der Waals surface area contributed by atoms with Crippen molar-refractivity contribution >= 4 is 16.8 Å². The fourth-order valence-corrected chi connectivity index (χ4v) is 2.25. The van der Waals surface area contributed by atoms with Crippen LogP contribution in [0.25, 0.3) is 11.1 Å². The number of H-pyrrole nitrogens is 1. The largest absolute Gasteiger partial charge is 0.417 e. The second kappa shape index (κ2) is 5.25. The molecule has 0 amide bonds. The topological polar surface area (TPSA) is 58.0 Å². The van der Waals surface area contributed by atoms with E-state index < -0.39 is 5.76 Å². The first-order valence-corrected chi connectivity index (χ1v) is 6.63. The van der Waals surface area contributed by atoms with Crippen LogP contribution in [0.4, 0.5) is 5.69 Å². The Morgan fingerprint density at radius 2 is 1.95 bits per heavy atom. The predicted octanol–water partition coefficient (Wildman–Crippen LogP) is 3.08. The molecule has 20 heavy (non-hydrogen) atoms. The molecule has 0 aliphatic heterocycles. The Kier molecular flexibility index (Phi) is 3.29. The van der Waals surface area contributed by atoms with Crippen LogP contribution in [0.1, 0.15) is 11.1 Å². The molecule has 0 radical (unpaired) electrons. The maximum Gasteiger partial charge on any atom is 0.417 e. The van der Waals surface area contributed by atoms with Gasteiger partial charge in [0.1, 0.15) is 0 Å². The minimum atomic E-state index is -0.404. The van der Waals surface area contributed by atoms with E-state index in [1.165, 1.54) is 5.56 Å². The average Bonchev–Trinajstić information content (AvgIpc) is 2.82. The van der Waals surface area contributed by atoms with E-state index in [0.29, 0.717) is 5.58 Å². The van der Waals surface area contributed by atoms with Gasteiger partial charge in [0.2, 0.25) is 0 Å². The van der Waals surface area contributed by atoms with E-state index in [1.54, 1.807) is 6.07 Å². The minimum Gasteiger partial charge on any atom is -0.408 e. The zero-order chi connectivity index (χ0) is 13.9. The number of hydrogen-bond acceptors (Lipinski definition) is 3. The lowest BCUT2D eigenvalue weighted by molar-refractivity contribution is 0.555. The fourth-order valence-electron chi connectivity index (χ4n) is 2.25. The summed E-state index contributed by atoms with van der Waals surface area (Å²) in [5, 5.41) is 3.37. The van der Waals surface area contributed by atoms with Gasteiger partial charge in [-0.2, -0.15) is 0 Å². The molecule has 3 aromatic rings. The third-order valence-electron chi connectivity index (χ3n) is 3.32. The lowest BCUT2D eigenvalue weighted by Gasteiger charge is -2.07. The number of benzene rings is 2. The number of para-hydroxylation sites is 1. The quantitative estimate of drug-likeness (QED) is 0.764. The smallest absolute Gasteiger partial charge is 0.408 e. The molecule has 2 aromatic carbocycles. The lowest BCUT2D eigenvalue weighted by atomic mass is 10.1. The SMILES string of the molecule is Cc1ccc(NCCc2cccc3oc(=O)[nH]c23)cc1. The highest BCUT2D eigenvalue weighted by molar-refractivity contribution is 5.76. The van der Waals surface area contributed by atoms with Gasteiger partial charge in [-0.15, -0.1) is 0 Å². The highest BCUT2D eigenvalue weighted by Gasteiger charge is 2.05. The molecule has 2 N–H and O–H groups in total. The van der Waals surface area contributed by atoms with Gasteiger partial charge < -0.3 is 9.73 Å². The van der Waals surface area contributed by atoms with Crippen LogP contribution < -0.4 is 11.1 Å². The molecule has 0 fully saturated rings. The van der Waals surface area contributed by atoms with E-state index in [0.717, 1.165) is 29.7 Å². The maximum atomic E-state index is 11.2. The molecule has 0 unspecified atom stereocenters. The molecule has 1 aromatic heterocycles. The number of oxazole rings is 1. The van der Waals surface area contributed by atoms with Gasteiger partial charge in [0.15, 0.2) is 5.58 Å². The van der Waals surface area contributed by atoms with Crippen molar-refractivity contribution in [3.63, 3.8) is 0 Å². The summed E-state index contributed by atoms with van der Waals surface area (Å²) in [5.41, 5.74) is 4.83. The second-order valence-electron chi connectivity index (χ2n) is 4.85. The molecule has 4 heteroatoms. The molecule has 0 atom stereocenters. The molecule has 1 heterocycles. The van der Waals surface area contributed by atoms with E-state index >= 15 is 0 Å². The van der Waals surface area contributed by atoms with Crippen molar-refractivity contribution in [1.82, 2.24) is 4.98 Å². The molecule has 0 aliphatic rings. The first-order valence-electron chi connectivity index (χ1n) is 6.63. The first-order chi connectivity index (χ1) is 9.72. The molecule has 0 spiro atoms. The molecule has 4 nitrogen and oxygen atoms in total. The Bertz CT molecular complexity index is 769. The Hall–Kier alpha value is -2.49. The van der Waals surface area contributed by atoms with Crippen LogP contribution in [0, 0.1) is 6.92 Å².